The van der Waals surface area contributed by atoms with Gasteiger partial charge in [0, 0.05) is 12.3 Å². The fourth-order valence-electron chi connectivity index (χ4n) is 1.87. The summed E-state index contributed by atoms with van der Waals surface area (Å²) in [6.07, 6.45) is 13.2. The second-order valence-corrected chi connectivity index (χ2v) is 11.3. The van der Waals surface area contributed by atoms with Gasteiger partial charge < -0.3 is 0 Å². The minimum atomic E-state index is -1.13. The van der Waals surface area contributed by atoms with Crippen LogP contribution in [0.2, 0.25) is 19.6 Å². The lowest BCUT2D eigenvalue weighted by Crippen LogP contribution is -2.16. The maximum Gasteiger partial charge on any atom is 0.129 e. The quantitative estimate of drug-likeness (QED) is 0.200. The summed E-state index contributed by atoms with van der Waals surface area (Å²) in [5.74, 6) is 4.18. The first-order chi connectivity index (χ1) is 8.56. The molecule has 0 rings (SSSR count). The highest BCUT2D eigenvalue weighted by molar-refractivity contribution is 6.83. The van der Waals surface area contributed by atoms with E-state index in [1.807, 2.05) is 0 Å². The van der Waals surface area contributed by atoms with E-state index < -0.39 is 8.07 Å². The zero-order chi connectivity index (χ0) is 13.7. The molecule has 0 atom stereocenters. The van der Waals surface area contributed by atoms with Crippen LogP contribution in [-0.4, -0.2) is 14.0 Å². The van der Waals surface area contributed by atoms with Crippen LogP contribution in [0.3, 0.4) is 0 Å². The van der Waals surface area contributed by atoms with Gasteiger partial charge in [0.1, 0.15) is 8.07 Å². The summed E-state index contributed by atoms with van der Waals surface area (Å²) in [5.41, 5.74) is 3.43. The van der Waals surface area contributed by atoms with Crippen LogP contribution in [0.15, 0.2) is 0 Å². The van der Waals surface area contributed by atoms with Crippen molar-refractivity contribution in [3.8, 4) is 11.5 Å². The van der Waals surface area contributed by atoms with E-state index in [9.17, 15) is 0 Å². The smallest absolute Gasteiger partial charge is 0.129 e. The molecule has 0 aliphatic rings. The summed E-state index contributed by atoms with van der Waals surface area (Å²) >= 11 is 5.64. The minimum absolute atomic E-state index is 0.832. The molecule has 0 radical (unpaired) electrons. The van der Waals surface area contributed by atoms with Gasteiger partial charge in [-0.3, -0.25) is 0 Å². The molecule has 0 unspecified atom stereocenters. The molecule has 0 spiro atoms. The van der Waals surface area contributed by atoms with Crippen LogP contribution in [0.25, 0.3) is 0 Å². The van der Waals surface area contributed by atoms with Crippen molar-refractivity contribution >= 4 is 19.7 Å². The van der Waals surface area contributed by atoms with Crippen molar-refractivity contribution in [2.45, 2.75) is 83.8 Å². The molecule has 0 fully saturated rings. The molecule has 0 aliphatic carbocycles. The summed E-state index contributed by atoms with van der Waals surface area (Å²) in [4.78, 5) is 0. The van der Waals surface area contributed by atoms with Crippen molar-refractivity contribution in [1.29, 1.82) is 0 Å². The molecule has 0 heterocycles. The van der Waals surface area contributed by atoms with Gasteiger partial charge in [-0.1, -0.05) is 64.6 Å². The van der Waals surface area contributed by atoms with Crippen molar-refractivity contribution in [3.05, 3.63) is 0 Å². The van der Waals surface area contributed by atoms with Gasteiger partial charge >= 0.3 is 0 Å². The summed E-state index contributed by atoms with van der Waals surface area (Å²) in [7, 11) is -1.13. The number of halogens is 1. The molecule has 106 valence electrons. The SMILES string of the molecule is C[Si](C)(C)C#CCCCCCCCCCCCCl. The molecule has 0 aromatic carbocycles. The fourth-order valence-corrected chi connectivity index (χ4v) is 2.72. The molecule has 2 heteroatoms. The lowest BCUT2D eigenvalue weighted by Gasteiger charge is -2.03. The maximum atomic E-state index is 5.64. The molecule has 0 bridgehead atoms. The predicted octanol–water partition coefficient (Wildman–Crippen LogP) is 6.01. The number of hydrogen-bond acceptors (Lipinski definition) is 0. The summed E-state index contributed by atoms with van der Waals surface area (Å²) in [5, 5.41) is 0. The monoisotopic (exact) mass is 286 g/mol. The van der Waals surface area contributed by atoms with Gasteiger partial charge in [-0.15, -0.1) is 23.1 Å². The van der Waals surface area contributed by atoms with Crippen molar-refractivity contribution in [1.82, 2.24) is 0 Å². The van der Waals surface area contributed by atoms with Gasteiger partial charge in [-0.05, 0) is 12.8 Å². The van der Waals surface area contributed by atoms with Crippen LogP contribution < -0.4 is 0 Å². The number of rotatable bonds is 10. The molecule has 0 amide bonds. The average molecular weight is 287 g/mol. The van der Waals surface area contributed by atoms with E-state index in [-0.39, 0.29) is 0 Å². The van der Waals surface area contributed by atoms with Gasteiger partial charge in [0.25, 0.3) is 0 Å². The van der Waals surface area contributed by atoms with Gasteiger partial charge in [0.2, 0.25) is 0 Å². The summed E-state index contributed by atoms with van der Waals surface area (Å²) in [6.45, 7) is 6.93. The normalized spacial score (nSPS) is 11.1. The van der Waals surface area contributed by atoms with Crippen LogP contribution >= 0.6 is 11.6 Å². The molecule has 0 aromatic heterocycles. The van der Waals surface area contributed by atoms with Crippen molar-refractivity contribution in [2.75, 3.05) is 5.88 Å². The lowest BCUT2D eigenvalue weighted by atomic mass is 10.1. The largest absolute Gasteiger partial charge is 0.132 e. The van der Waals surface area contributed by atoms with Crippen LogP contribution in [-0.2, 0) is 0 Å². The third-order valence-corrected chi connectivity index (χ3v) is 4.09. The van der Waals surface area contributed by atoms with E-state index in [0.29, 0.717) is 0 Å². The average Bonchev–Trinajstić information content (AvgIpc) is 2.29. The zero-order valence-electron chi connectivity index (χ0n) is 12.7. The second-order valence-electron chi connectivity index (χ2n) is 6.17. The Kier molecular flexibility index (Phi) is 12.2. The maximum absolute atomic E-state index is 5.64. The number of hydrogen-bond donors (Lipinski definition) is 0. The van der Waals surface area contributed by atoms with E-state index in [2.05, 4.69) is 31.1 Å². The molecule has 0 aromatic rings. The lowest BCUT2D eigenvalue weighted by molar-refractivity contribution is 0.568. The Morgan fingerprint density at radius 3 is 1.61 bits per heavy atom. The zero-order valence-corrected chi connectivity index (χ0v) is 14.4. The highest BCUT2D eigenvalue weighted by Gasteiger charge is 2.06. The molecule has 18 heavy (non-hydrogen) atoms. The van der Waals surface area contributed by atoms with E-state index in [4.69, 9.17) is 11.6 Å². The van der Waals surface area contributed by atoms with Gasteiger partial charge in [0.15, 0.2) is 0 Å². The Balaban J connectivity index is 3.14. The standard InChI is InChI=1S/C16H31ClSi/c1-18(2,3)16-14-12-10-8-6-4-5-7-9-11-13-15-17/h4-13,15H2,1-3H3. The third-order valence-electron chi connectivity index (χ3n) is 2.90. The third kappa shape index (κ3) is 16.1. The number of unbranched alkanes of at least 4 members (excludes halogenated alkanes) is 9. The second kappa shape index (κ2) is 12.1. The van der Waals surface area contributed by atoms with Crippen LogP contribution in [0.5, 0.6) is 0 Å². The summed E-state index contributed by atoms with van der Waals surface area (Å²) in [6, 6.07) is 0. The van der Waals surface area contributed by atoms with Crippen molar-refractivity contribution < 1.29 is 0 Å². The van der Waals surface area contributed by atoms with Crippen molar-refractivity contribution in [2.24, 2.45) is 0 Å². The van der Waals surface area contributed by atoms with E-state index in [1.165, 1.54) is 57.8 Å². The fraction of sp³-hybridized carbons (Fsp3) is 0.875. The first kappa shape index (κ1) is 18.1. The molecule has 0 saturated heterocycles. The topological polar surface area (TPSA) is 0 Å². The first-order valence-corrected chi connectivity index (χ1v) is 11.7. The Morgan fingerprint density at radius 1 is 0.722 bits per heavy atom. The Hall–Kier alpha value is 0.0669. The predicted molar refractivity (Wildman–Crippen MR) is 88.0 cm³/mol. The molecule has 0 nitrogen and oxygen atoms in total. The van der Waals surface area contributed by atoms with E-state index in [1.54, 1.807) is 0 Å². The highest BCUT2D eigenvalue weighted by Crippen LogP contribution is 2.10. The Morgan fingerprint density at radius 2 is 1.17 bits per heavy atom. The minimum Gasteiger partial charge on any atom is -0.132 e. The first-order valence-electron chi connectivity index (χ1n) is 7.62. The molecular weight excluding hydrogens is 256 g/mol. The number of alkyl halides is 1. The Bertz CT molecular complexity index is 232. The van der Waals surface area contributed by atoms with Crippen molar-refractivity contribution in [3.63, 3.8) is 0 Å². The Labute approximate surface area is 121 Å². The van der Waals surface area contributed by atoms with E-state index in [0.717, 1.165) is 12.3 Å². The van der Waals surface area contributed by atoms with Gasteiger partial charge in [-0.2, -0.15) is 0 Å². The van der Waals surface area contributed by atoms with Crippen LogP contribution in [0.1, 0.15) is 64.2 Å². The molecule has 0 aliphatic heterocycles. The molecule has 0 N–H and O–H groups in total. The van der Waals surface area contributed by atoms with E-state index >= 15 is 0 Å². The molecular formula is C16H31ClSi. The van der Waals surface area contributed by atoms with Crippen LogP contribution in [0.4, 0.5) is 0 Å². The molecule has 0 saturated carbocycles. The summed E-state index contributed by atoms with van der Waals surface area (Å²) < 4.78 is 0. The van der Waals surface area contributed by atoms with Crippen LogP contribution in [0, 0.1) is 11.5 Å². The van der Waals surface area contributed by atoms with Gasteiger partial charge in [0.05, 0.1) is 0 Å². The highest BCUT2D eigenvalue weighted by atomic mass is 35.5. The van der Waals surface area contributed by atoms with Gasteiger partial charge in [-0.25, -0.2) is 0 Å².